The molecule has 0 radical (unpaired) electrons. The quantitative estimate of drug-likeness (QED) is 0.837. The van der Waals surface area contributed by atoms with Crippen molar-refractivity contribution in [1.29, 1.82) is 0 Å². The van der Waals surface area contributed by atoms with E-state index in [-0.39, 0.29) is 24.3 Å². The molecule has 0 spiro atoms. The lowest BCUT2D eigenvalue weighted by Gasteiger charge is -2.29. The fourth-order valence-electron chi connectivity index (χ4n) is 2.96. The van der Waals surface area contributed by atoms with Gasteiger partial charge in [0.25, 0.3) is 5.91 Å². The van der Waals surface area contributed by atoms with Crippen molar-refractivity contribution in [3.63, 3.8) is 0 Å². The van der Waals surface area contributed by atoms with Crippen LogP contribution in [0.2, 0.25) is 0 Å². The summed E-state index contributed by atoms with van der Waals surface area (Å²) in [5.74, 6) is -0.177. The van der Waals surface area contributed by atoms with Crippen LogP contribution in [0.15, 0.2) is 17.0 Å². The van der Waals surface area contributed by atoms with Gasteiger partial charge in [-0.15, -0.1) is 0 Å². The summed E-state index contributed by atoms with van der Waals surface area (Å²) in [6.07, 6.45) is 8.45. The van der Waals surface area contributed by atoms with Crippen LogP contribution < -0.4 is 5.32 Å². The van der Waals surface area contributed by atoms with Gasteiger partial charge >= 0.3 is 0 Å². The molecule has 6 nitrogen and oxygen atoms in total. The summed E-state index contributed by atoms with van der Waals surface area (Å²) in [7, 11) is 0. The number of nitrogens with zero attached hydrogens (tertiary/aromatic N) is 2. The zero-order valence-corrected chi connectivity index (χ0v) is 10.7. The third kappa shape index (κ3) is 2.34. The largest absolute Gasteiger partial charge is 0.369 e. The van der Waals surface area contributed by atoms with E-state index in [2.05, 4.69) is 10.5 Å². The summed E-state index contributed by atoms with van der Waals surface area (Å²) >= 11 is 0. The number of amides is 2. The van der Waals surface area contributed by atoms with Gasteiger partial charge in [0.05, 0.1) is 18.3 Å². The van der Waals surface area contributed by atoms with E-state index in [0.717, 1.165) is 25.7 Å². The van der Waals surface area contributed by atoms with Crippen LogP contribution in [-0.2, 0) is 9.59 Å². The smallest absolute Gasteiger partial charge is 0.252 e. The van der Waals surface area contributed by atoms with Crippen molar-refractivity contribution in [2.45, 2.75) is 50.6 Å². The monoisotopic (exact) mass is 263 g/mol. The van der Waals surface area contributed by atoms with Crippen LogP contribution in [0.3, 0.4) is 0 Å². The summed E-state index contributed by atoms with van der Waals surface area (Å²) in [5.41, 5.74) is 0.636. The van der Waals surface area contributed by atoms with Gasteiger partial charge in [-0.2, -0.15) is 0 Å². The van der Waals surface area contributed by atoms with Crippen molar-refractivity contribution in [3.8, 4) is 0 Å². The van der Waals surface area contributed by atoms with Crippen molar-refractivity contribution in [1.82, 2.24) is 10.1 Å². The van der Waals surface area contributed by atoms with Crippen LogP contribution in [0.5, 0.6) is 0 Å². The SMILES string of the molecule is O=C1CC(Nc2cnoc2)C(=O)N1C1CCCCC1. The first-order valence-electron chi connectivity index (χ1n) is 6.77. The van der Waals surface area contributed by atoms with E-state index < -0.39 is 6.04 Å². The Morgan fingerprint density at radius 2 is 2.05 bits per heavy atom. The number of imide groups is 1. The number of hydrogen-bond donors (Lipinski definition) is 1. The van der Waals surface area contributed by atoms with Gasteiger partial charge < -0.3 is 9.84 Å². The summed E-state index contributed by atoms with van der Waals surface area (Å²) in [4.78, 5) is 25.9. The molecule has 1 aliphatic carbocycles. The van der Waals surface area contributed by atoms with Gasteiger partial charge in [-0.1, -0.05) is 24.4 Å². The minimum absolute atomic E-state index is 0.0640. The first kappa shape index (κ1) is 12.2. The molecule has 1 saturated heterocycles. The maximum Gasteiger partial charge on any atom is 0.252 e. The molecule has 1 unspecified atom stereocenters. The Morgan fingerprint density at radius 1 is 1.26 bits per heavy atom. The molecule has 102 valence electrons. The van der Waals surface area contributed by atoms with Crippen molar-refractivity contribution in [2.75, 3.05) is 5.32 Å². The molecule has 1 atom stereocenters. The highest BCUT2D eigenvalue weighted by Gasteiger charge is 2.42. The second-order valence-corrected chi connectivity index (χ2v) is 5.21. The topological polar surface area (TPSA) is 75.4 Å². The average molecular weight is 263 g/mol. The molecule has 2 amide bonds. The molecule has 1 aromatic heterocycles. The first-order valence-corrected chi connectivity index (χ1v) is 6.77. The van der Waals surface area contributed by atoms with Gasteiger partial charge in [0.15, 0.2) is 0 Å². The molecule has 2 heterocycles. The third-order valence-electron chi connectivity index (χ3n) is 3.90. The van der Waals surface area contributed by atoms with E-state index in [1.165, 1.54) is 23.8 Å². The Hall–Kier alpha value is -1.85. The molecule has 3 rings (SSSR count). The molecule has 2 fully saturated rings. The Labute approximate surface area is 111 Å². The van der Waals surface area contributed by atoms with E-state index >= 15 is 0 Å². The highest BCUT2D eigenvalue weighted by molar-refractivity contribution is 6.07. The molecule has 1 saturated carbocycles. The van der Waals surface area contributed by atoms with Gasteiger partial charge in [0.2, 0.25) is 5.91 Å². The predicted molar refractivity (Wildman–Crippen MR) is 67.3 cm³/mol. The van der Waals surface area contributed by atoms with Crippen LogP contribution in [0.1, 0.15) is 38.5 Å². The minimum Gasteiger partial charge on any atom is -0.369 e. The summed E-state index contributed by atoms with van der Waals surface area (Å²) in [6.45, 7) is 0. The Balaban J connectivity index is 1.69. The molecule has 0 aromatic carbocycles. The lowest BCUT2D eigenvalue weighted by atomic mass is 9.94. The standard InChI is InChI=1S/C13H17N3O3/c17-12-6-11(15-9-7-14-19-8-9)13(18)16(12)10-4-2-1-3-5-10/h7-8,10-11,15H,1-6H2. The van der Waals surface area contributed by atoms with Crippen LogP contribution in [0, 0.1) is 0 Å². The maximum atomic E-state index is 12.3. The molecule has 0 bridgehead atoms. The second-order valence-electron chi connectivity index (χ2n) is 5.21. The Morgan fingerprint density at radius 3 is 2.74 bits per heavy atom. The van der Waals surface area contributed by atoms with Crippen molar-refractivity contribution < 1.29 is 14.1 Å². The molecular weight excluding hydrogens is 246 g/mol. The van der Waals surface area contributed by atoms with Gasteiger partial charge in [0.1, 0.15) is 12.3 Å². The summed E-state index contributed by atoms with van der Waals surface area (Å²) < 4.78 is 4.71. The third-order valence-corrected chi connectivity index (χ3v) is 3.90. The van der Waals surface area contributed by atoms with Crippen LogP contribution in [0.25, 0.3) is 0 Å². The summed E-state index contributed by atoms with van der Waals surface area (Å²) in [5, 5.41) is 6.57. The van der Waals surface area contributed by atoms with Crippen molar-refractivity contribution in [2.24, 2.45) is 0 Å². The fourth-order valence-corrected chi connectivity index (χ4v) is 2.96. The lowest BCUT2D eigenvalue weighted by molar-refractivity contribution is -0.141. The van der Waals surface area contributed by atoms with E-state index in [4.69, 9.17) is 4.52 Å². The first-order chi connectivity index (χ1) is 9.25. The molecule has 2 aliphatic rings. The molecular formula is C13H17N3O3. The molecule has 1 N–H and O–H groups in total. The average Bonchev–Trinajstić information content (AvgIpc) is 3.01. The zero-order valence-electron chi connectivity index (χ0n) is 10.7. The predicted octanol–water partition coefficient (Wildman–Crippen LogP) is 1.55. The maximum absolute atomic E-state index is 12.3. The Kier molecular flexibility index (Phi) is 3.23. The number of anilines is 1. The number of rotatable bonds is 3. The second kappa shape index (κ2) is 5.03. The number of carbonyl (C=O) groups excluding carboxylic acids is 2. The number of hydrogen-bond acceptors (Lipinski definition) is 5. The molecule has 1 aromatic rings. The molecule has 19 heavy (non-hydrogen) atoms. The van der Waals surface area contributed by atoms with E-state index in [1.807, 2.05) is 0 Å². The van der Waals surface area contributed by atoms with Crippen molar-refractivity contribution in [3.05, 3.63) is 12.5 Å². The van der Waals surface area contributed by atoms with Gasteiger partial charge in [-0.05, 0) is 12.8 Å². The number of carbonyl (C=O) groups is 2. The lowest BCUT2D eigenvalue weighted by Crippen LogP contribution is -2.43. The zero-order chi connectivity index (χ0) is 13.2. The van der Waals surface area contributed by atoms with Crippen LogP contribution in [0.4, 0.5) is 5.69 Å². The minimum atomic E-state index is -0.478. The van der Waals surface area contributed by atoms with E-state index in [0.29, 0.717) is 5.69 Å². The van der Waals surface area contributed by atoms with Gasteiger partial charge in [0, 0.05) is 6.04 Å². The summed E-state index contributed by atoms with van der Waals surface area (Å²) in [6, 6.07) is -0.378. The Bertz CT molecular complexity index is 465. The van der Waals surface area contributed by atoms with Crippen LogP contribution >= 0.6 is 0 Å². The van der Waals surface area contributed by atoms with Crippen LogP contribution in [-0.4, -0.2) is 34.0 Å². The number of aromatic nitrogens is 1. The fraction of sp³-hybridized carbons (Fsp3) is 0.615. The number of likely N-dealkylation sites (tertiary alicyclic amines) is 1. The van der Waals surface area contributed by atoms with Gasteiger partial charge in [-0.3, -0.25) is 14.5 Å². The van der Waals surface area contributed by atoms with E-state index in [9.17, 15) is 9.59 Å². The molecule has 6 heteroatoms. The highest BCUT2D eigenvalue weighted by atomic mass is 16.5. The van der Waals surface area contributed by atoms with E-state index in [1.54, 1.807) is 0 Å². The number of nitrogens with one attached hydrogen (secondary N) is 1. The van der Waals surface area contributed by atoms with Gasteiger partial charge in [-0.25, -0.2) is 0 Å². The highest BCUT2D eigenvalue weighted by Crippen LogP contribution is 2.28. The van der Waals surface area contributed by atoms with Crippen molar-refractivity contribution >= 4 is 17.5 Å². The normalized spacial score (nSPS) is 25.1. The molecule has 1 aliphatic heterocycles.